The molecule has 1 saturated heterocycles. The average molecular weight is 262 g/mol. The number of morpholine rings is 1. The minimum Gasteiger partial charge on any atom is -0.372 e. The molecule has 19 heavy (non-hydrogen) atoms. The Hall–Kier alpha value is -1.89. The van der Waals surface area contributed by atoms with Crippen LogP contribution in [0.15, 0.2) is 6.20 Å². The molecule has 2 aromatic rings. The van der Waals surface area contributed by atoms with Crippen molar-refractivity contribution >= 4 is 22.8 Å². The number of anilines is 2. The van der Waals surface area contributed by atoms with E-state index >= 15 is 0 Å². The number of rotatable bonds is 2. The van der Waals surface area contributed by atoms with E-state index in [9.17, 15) is 0 Å². The van der Waals surface area contributed by atoms with Gasteiger partial charge in [0, 0.05) is 20.1 Å². The Morgan fingerprint density at radius 2 is 2.05 bits per heavy atom. The van der Waals surface area contributed by atoms with Gasteiger partial charge in [0.1, 0.15) is 5.82 Å². The van der Waals surface area contributed by atoms with Crippen LogP contribution >= 0.6 is 0 Å². The van der Waals surface area contributed by atoms with Gasteiger partial charge in [0.05, 0.1) is 23.8 Å². The minimum absolute atomic E-state index is 0.193. The highest BCUT2D eigenvalue weighted by molar-refractivity contribution is 5.87. The molecule has 0 aliphatic carbocycles. The van der Waals surface area contributed by atoms with Crippen LogP contribution in [0.1, 0.15) is 13.8 Å². The highest BCUT2D eigenvalue weighted by Gasteiger charge is 2.25. The summed E-state index contributed by atoms with van der Waals surface area (Å²) in [6, 6.07) is 0. The second-order valence-corrected chi connectivity index (χ2v) is 4.92. The molecule has 1 aliphatic heterocycles. The quantitative estimate of drug-likeness (QED) is 0.841. The van der Waals surface area contributed by atoms with Crippen molar-refractivity contribution in [3.05, 3.63) is 6.20 Å². The number of H-pyrrole nitrogens is 1. The topological polar surface area (TPSA) is 79.0 Å². The molecule has 7 nitrogen and oxygen atoms in total. The summed E-state index contributed by atoms with van der Waals surface area (Å²) in [5.41, 5.74) is 0.751. The summed E-state index contributed by atoms with van der Waals surface area (Å²) in [6.45, 7) is 5.81. The standard InChI is InChI=1S/C12H18N6O/c1-7-5-18(6-8(2)19-7)11-9-4-14-17-10(9)15-12(13-3)16-11/h4,7-8H,5-6H2,1-3H3,(H2,13,14,15,16,17). The van der Waals surface area contributed by atoms with Crippen LogP contribution in [-0.4, -0.2) is 52.5 Å². The van der Waals surface area contributed by atoms with Crippen LogP contribution in [0.5, 0.6) is 0 Å². The summed E-state index contributed by atoms with van der Waals surface area (Å²) < 4.78 is 5.76. The monoisotopic (exact) mass is 262 g/mol. The zero-order valence-corrected chi connectivity index (χ0v) is 11.3. The zero-order valence-electron chi connectivity index (χ0n) is 11.3. The van der Waals surface area contributed by atoms with Crippen molar-refractivity contribution in [2.45, 2.75) is 26.1 Å². The maximum absolute atomic E-state index is 5.76. The summed E-state index contributed by atoms with van der Waals surface area (Å²) in [5, 5.41) is 10.9. The van der Waals surface area contributed by atoms with Gasteiger partial charge in [0.2, 0.25) is 5.95 Å². The molecule has 2 aromatic heterocycles. The van der Waals surface area contributed by atoms with Crippen LogP contribution in [0, 0.1) is 0 Å². The second-order valence-electron chi connectivity index (χ2n) is 4.92. The fraction of sp³-hybridized carbons (Fsp3) is 0.583. The van der Waals surface area contributed by atoms with Crippen molar-refractivity contribution in [3.8, 4) is 0 Å². The molecule has 0 spiro atoms. The van der Waals surface area contributed by atoms with Crippen LogP contribution in [-0.2, 0) is 4.74 Å². The highest BCUT2D eigenvalue weighted by Crippen LogP contribution is 2.26. The predicted octanol–water partition coefficient (Wildman–Crippen LogP) is 1.01. The van der Waals surface area contributed by atoms with E-state index in [-0.39, 0.29) is 12.2 Å². The molecule has 0 bridgehead atoms. The van der Waals surface area contributed by atoms with Crippen molar-refractivity contribution in [3.63, 3.8) is 0 Å². The van der Waals surface area contributed by atoms with E-state index in [4.69, 9.17) is 4.74 Å². The van der Waals surface area contributed by atoms with Gasteiger partial charge in [0.15, 0.2) is 5.65 Å². The smallest absolute Gasteiger partial charge is 0.226 e. The van der Waals surface area contributed by atoms with Gasteiger partial charge in [-0.05, 0) is 13.8 Å². The second kappa shape index (κ2) is 4.65. The predicted molar refractivity (Wildman–Crippen MR) is 73.5 cm³/mol. The van der Waals surface area contributed by atoms with E-state index in [0.717, 1.165) is 29.9 Å². The first-order valence-corrected chi connectivity index (χ1v) is 6.46. The minimum atomic E-state index is 0.193. The fourth-order valence-electron chi connectivity index (χ4n) is 2.52. The number of hydrogen-bond donors (Lipinski definition) is 2. The van der Waals surface area contributed by atoms with Crippen molar-refractivity contribution in [2.24, 2.45) is 0 Å². The average Bonchev–Trinajstić information content (AvgIpc) is 2.84. The number of ether oxygens (including phenoxy) is 1. The van der Waals surface area contributed by atoms with E-state index in [1.54, 1.807) is 6.20 Å². The molecule has 7 heteroatoms. The number of nitrogens with zero attached hydrogens (tertiary/aromatic N) is 4. The lowest BCUT2D eigenvalue weighted by Gasteiger charge is -2.36. The van der Waals surface area contributed by atoms with Crippen LogP contribution in [0.25, 0.3) is 11.0 Å². The maximum Gasteiger partial charge on any atom is 0.226 e. The fourth-order valence-corrected chi connectivity index (χ4v) is 2.52. The molecule has 2 atom stereocenters. The van der Waals surface area contributed by atoms with Crippen LogP contribution < -0.4 is 10.2 Å². The van der Waals surface area contributed by atoms with Gasteiger partial charge < -0.3 is 15.0 Å². The van der Waals surface area contributed by atoms with Gasteiger partial charge in [-0.1, -0.05) is 0 Å². The van der Waals surface area contributed by atoms with Gasteiger partial charge in [-0.25, -0.2) is 0 Å². The Bertz CT molecular complexity index is 573. The van der Waals surface area contributed by atoms with Gasteiger partial charge in [-0.3, -0.25) is 5.10 Å². The summed E-state index contributed by atoms with van der Waals surface area (Å²) in [5.74, 6) is 1.50. The summed E-state index contributed by atoms with van der Waals surface area (Å²) >= 11 is 0. The molecule has 2 unspecified atom stereocenters. The maximum atomic E-state index is 5.76. The Morgan fingerprint density at radius 3 is 2.74 bits per heavy atom. The molecule has 1 aliphatic rings. The number of aromatic nitrogens is 4. The van der Waals surface area contributed by atoms with Crippen molar-refractivity contribution in [1.82, 2.24) is 20.2 Å². The van der Waals surface area contributed by atoms with E-state index in [1.807, 2.05) is 7.05 Å². The van der Waals surface area contributed by atoms with Crippen molar-refractivity contribution < 1.29 is 4.74 Å². The van der Waals surface area contributed by atoms with Crippen molar-refractivity contribution in [2.75, 3.05) is 30.4 Å². The third-order valence-corrected chi connectivity index (χ3v) is 3.23. The molecule has 1 fully saturated rings. The van der Waals surface area contributed by atoms with E-state index in [2.05, 4.69) is 44.2 Å². The third-order valence-electron chi connectivity index (χ3n) is 3.23. The Labute approximate surface area is 111 Å². The normalized spacial score (nSPS) is 23.8. The number of hydrogen-bond acceptors (Lipinski definition) is 6. The molecule has 3 rings (SSSR count). The van der Waals surface area contributed by atoms with Crippen molar-refractivity contribution in [1.29, 1.82) is 0 Å². The van der Waals surface area contributed by atoms with Gasteiger partial charge in [0.25, 0.3) is 0 Å². The first kappa shape index (κ1) is 12.2. The Kier molecular flexibility index (Phi) is 2.98. The number of aromatic amines is 1. The van der Waals surface area contributed by atoms with Gasteiger partial charge in [-0.2, -0.15) is 15.1 Å². The van der Waals surface area contributed by atoms with E-state index in [1.165, 1.54) is 0 Å². The first-order chi connectivity index (χ1) is 9.17. The van der Waals surface area contributed by atoms with Gasteiger partial charge in [-0.15, -0.1) is 0 Å². The van der Waals surface area contributed by atoms with Crippen LogP contribution in [0.2, 0.25) is 0 Å². The lowest BCUT2D eigenvalue weighted by Crippen LogP contribution is -2.46. The molecule has 0 radical (unpaired) electrons. The number of nitrogens with one attached hydrogen (secondary N) is 2. The van der Waals surface area contributed by atoms with E-state index < -0.39 is 0 Å². The SMILES string of the molecule is CNc1nc(N2CC(C)OC(C)C2)c2cn[nH]c2n1. The van der Waals surface area contributed by atoms with E-state index in [0.29, 0.717) is 5.95 Å². The summed E-state index contributed by atoms with van der Waals surface area (Å²) in [6.07, 6.45) is 2.16. The molecular weight excluding hydrogens is 244 g/mol. The Morgan fingerprint density at radius 1 is 1.32 bits per heavy atom. The first-order valence-electron chi connectivity index (χ1n) is 6.46. The molecule has 102 valence electrons. The molecule has 3 heterocycles. The lowest BCUT2D eigenvalue weighted by molar-refractivity contribution is -0.00536. The molecular formula is C12H18N6O. The zero-order chi connectivity index (χ0) is 13.4. The third kappa shape index (κ3) is 2.21. The van der Waals surface area contributed by atoms with Crippen LogP contribution in [0.4, 0.5) is 11.8 Å². The number of fused-ring (bicyclic) bond motifs is 1. The summed E-state index contributed by atoms with van der Waals surface area (Å²) in [7, 11) is 1.81. The van der Waals surface area contributed by atoms with Gasteiger partial charge >= 0.3 is 0 Å². The molecule has 2 N–H and O–H groups in total. The largest absolute Gasteiger partial charge is 0.372 e. The lowest BCUT2D eigenvalue weighted by atomic mass is 10.2. The van der Waals surface area contributed by atoms with Crippen LogP contribution in [0.3, 0.4) is 0 Å². The summed E-state index contributed by atoms with van der Waals surface area (Å²) in [4.78, 5) is 11.2. The molecule has 0 saturated carbocycles. The Balaban J connectivity index is 2.05. The molecule has 0 aromatic carbocycles. The highest BCUT2D eigenvalue weighted by atomic mass is 16.5. The molecule has 0 amide bonds.